The van der Waals surface area contributed by atoms with Crippen LogP contribution in [0.25, 0.3) is 0 Å². The van der Waals surface area contributed by atoms with Gasteiger partial charge in [0.1, 0.15) is 5.82 Å². The molecule has 1 aromatic rings. The van der Waals surface area contributed by atoms with Gasteiger partial charge < -0.3 is 15.4 Å². The average Bonchev–Trinajstić information content (AvgIpc) is 3.32. The molecule has 2 fully saturated rings. The van der Waals surface area contributed by atoms with Gasteiger partial charge in [-0.15, -0.1) is 0 Å². The maximum absolute atomic E-state index is 12.3. The molecule has 0 aromatic carbocycles. The number of hydrogen-bond acceptors (Lipinski definition) is 4. The van der Waals surface area contributed by atoms with E-state index in [0.717, 1.165) is 24.8 Å². The summed E-state index contributed by atoms with van der Waals surface area (Å²) in [5.74, 6) is 0.488. The molecular weight excluding hydrogens is 347 g/mol. The number of amides is 1. The minimum absolute atomic E-state index is 0.00151. The topological polar surface area (TPSA) is 63.2 Å². The first kappa shape index (κ1) is 20.6. The van der Waals surface area contributed by atoms with Crippen molar-refractivity contribution in [3.05, 3.63) is 23.4 Å². The fraction of sp³-hybridized carbons (Fsp3) is 0.667. The van der Waals surface area contributed by atoms with Crippen molar-refractivity contribution in [1.29, 1.82) is 0 Å². The van der Waals surface area contributed by atoms with Gasteiger partial charge in [0, 0.05) is 25.0 Å². The normalized spacial score (nSPS) is 19.7. The third-order valence-electron chi connectivity index (χ3n) is 4.20. The van der Waals surface area contributed by atoms with E-state index in [1.807, 2.05) is 19.9 Å². The van der Waals surface area contributed by atoms with Gasteiger partial charge in [0.15, 0.2) is 0 Å². The van der Waals surface area contributed by atoms with E-state index in [2.05, 4.69) is 15.6 Å². The smallest absolute Gasteiger partial charge is 0.381 e. The van der Waals surface area contributed by atoms with Gasteiger partial charge >= 0.3 is 6.18 Å². The number of carbonyl (C=O) groups excluding carboxylic acids is 1. The van der Waals surface area contributed by atoms with Gasteiger partial charge in [0.05, 0.1) is 18.8 Å². The molecule has 0 bridgehead atoms. The van der Waals surface area contributed by atoms with Crippen LogP contribution >= 0.6 is 0 Å². The maximum atomic E-state index is 12.3. The van der Waals surface area contributed by atoms with Gasteiger partial charge in [0.25, 0.3) is 0 Å². The van der Waals surface area contributed by atoms with Gasteiger partial charge in [0.2, 0.25) is 5.91 Å². The highest BCUT2D eigenvalue weighted by Gasteiger charge is 2.30. The zero-order chi connectivity index (χ0) is 19.2. The quantitative estimate of drug-likeness (QED) is 0.800. The van der Waals surface area contributed by atoms with Crippen LogP contribution in [0.4, 0.5) is 19.0 Å². The SMILES string of the molecule is CC.O=C(Nc1ccc(C2CCOC2)c(CNCC(F)(F)F)n1)C1CC1. The molecule has 1 saturated heterocycles. The highest BCUT2D eigenvalue weighted by molar-refractivity contribution is 5.93. The molecule has 3 rings (SSSR count). The predicted octanol–water partition coefficient (Wildman–Crippen LogP) is 3.61. The molecule has 1 aliphatic carbocycles. The Labute approximate surface area is 151 Å². The lowest BCUT2D eigenvalue weighted by molar-refractivity contribution is -0.125. The van der Waals surface area contributed by atoms with Gasteiger partial charge in [-0.3, -0.25) is 4.79 Å². The molecule has 0 radical (unpaired) electrons. The van der Waals surface area contributed by atoms with E-state index in [1.54, 1.807) is 6.07 Å². The number of hydrogen-bond donors (Lipinski definition) is 2. The summed E-state index contributed by atoms with van der Waals surface area (Å²) >= 11 is 0. The predicted molar refractivity (Wildman–Crippen MR) is 92.9 cm³/mol. The lowest BCUT2D eigenvalue weighted by atomic mass is 9.96. The van der Waals surface area contributed by atoms with Crippen LogP contribution in [0.2, 0.25) is 0 Å². The van der Waals surface area contributed by atoms with E-state index in [-0.39, 0.29) is 24.3 Å². The molecule has 1 atom stereocenters. The summed E-state index contributed by atoms with van der Waals surface area (Å²) in [7, 11) is 0. The second-order valence-corrected chi connectivity index (χ2v) is 6.28. The number of carbonyl (C=O) groups is 1. The Balaban J connectivity index is 0.00000117. The molecule has 1 amide bonds. The average molecular weight is 373 g/mol. The Morgan fingerprint density at radius 2 is 2.00 bits per heavy atom. The van der Waals surface area contributed by atoms with E-state index in [0.29, 0.717) is 24.7 Å². The van der Waals surface area contributed by atoms with E-state index in [1.165, 1.54) is 0 Å². The standard InChI is InChI=1S/C16H20F3N3O2.C2H6/c17-16(18,19)9-20-7-13-12(11-5-6-24-8-11)3-4-14(21-13)22-15(23)10-1-2-10;1-2/h3-4,10-11,20H,1-2,5-9H2,(H,21,22,23);1-2H3. The number of aromatic nitrogens is 1. The van der Waals surface area contributed by atoms with Crippen molar-refractivity contribution in [2.75, 3.05) is 25.1 Å². The molecule has 1 unspecified atom stereocenters. The summed E-state index contributed by atoms with van der Waals surface area (Å²) < 4.78 is 42.4. The minimum atomic E-state index is -4.27. The zero-order valence-corrected chi connectivity index (χ0v) is 15.2. The lowest BCUT2D eigenvalue weighted by Crippen LogP contribution is -2.29. The zero-order valence-electron chi connectivity index (χ0n) is 15.2. The summed E-state index contributed by atoms with van der Waals surface area (Å²) in [5, 5.41) is 5.12. The number of rotatable bonds is 6. The lowest BCUT2D eigenvalue weighted by Gasteiger charge is -2.16. The molecule has 2 N–H and O–H groups in total. The van der Waals surface area contributed by atoms with E-state index in [9.17, 15) is 18.0 Å². The fourth-order valence-corrected chi connectivity index (χ4v) is 2.77. The van der Waals surface area contributed by atoms with Crippen LogP contribution < -0.4 is 10.6 Å². The summed E-state index contributed by atoms with van der Waals surface area (Å²) in [6, 6.07) is 3.54. The van der Waals surface area contributed by atoms with Crippen LogP contribution in [0.5, 0.6) is 0 Å². The number of nitrogens with zero attached hydrogens (tertiary/aromatic N) is 1. The van der Waals surface area contributed by atoms with Crippen LogP contribution in [0.15, 0.2) is 12.1 Å². The first-order valence-corrected chi connectivity index (χ1v) is 9.08. The van der Waals surface area contributed by atoms with Gasteiger partial charge in [-0.05, 0) is 30.9 Å². The van der Waals surface area contributed by atoms with Crippen LogP contribution in [0.1, 0.15) is 50.3 Å². The first-order valence-electron chi connectivity index (χ1n) is 9.08. The molecule has 146 valence electrons. The maximum Gasteiger partial charge on any atom is 0.401 e. The van der Waals surface area contributed by atoms with E-state index >= 15 is 0 Å². The van der Waals surface area contributed by atoms with Crippen molar-refractivity contribution in [3.63, 3.8) is 0 Å². The second kappa shape index (κ2) is 9.32. The number of pyridine rings is 1. The summed E-state index contributed by atoms with van der Waals surface area (Å²) in [6.45, 7) is 4.11. The summed E-state index contributed by atoms with van der Waals surface area (Å²) in [5.41, 5.74) is 1.41. The van der Waals surface area contributed by atoms with Crippen LogP contribution in [0, 0.1) is 5.92 Å². The number of anilines is 1. The Morgan fingerprint density at radius 3 is 2.58 bits per heavy atom. The summed E-state index contributed by atoms with van der Waals surface area (Å²) in [6.07, 6.45) is -1.69. The van der Waals surface area contributed by atoms with Gasteiger partial charge in [-0.2, -0.15) is 13.2 Å². The van der Waals surface area contributed by atoms with Crippen LogP contribution in [0.3, 0.4) is 0 Å². The highest BCUT2D eigenvalue weighted by atomic mass is 19.4. The molecule has 1 aliphatic heterocycles. The van der Waals surface area contributed by atoms with Crippen molar-refractivity contribution >= 4 is 11.7 Å². The van der Waals surface area contributed by atoms with Gasteiger partial charge in [-0.25, -0.2) is 4.98 Å². The Morgan fingerprint density at radius 1 is 1.27 bits per heavy atom. The highest BCUT2D eigenvalue weighted by Crippen LogP contribution is 2.31. The van der Waals surface area contributed by atoms with Crippen molar-refractivity contribution in [1.82, 2.24) is 10.3 Å². The monoisotopic (exact) mass is 373 g/mol. The molecule has 2 aliphatic rings. The number of alkyl halides is 3. The molecule has 2 heterocycles. The van der Waals surface area contributed by atoms with Crippen molar-refractivity contribution in [2.24, 2.45) is 5.92 Å². The van der Waals surface area contributed by atoms with Crippen molar-refractivity contribution in [2.45, 2.75) is 51.7 Å². The molecule has 26 heavy (non-hydrogen) atoms. The minimum Gasteiger partial charge on any atom is -0.381 e. The van der Waals surface area contributed by atoms with Crippen LogP contribution in [-0.4, -0.2) is 36.8 Å². The number of halogens is 3. The molecular formula is C18H26F3N3O2. The molecule has 1 aromatic heterocycles. The third kappa shape index (κ3) is 6.25. The van der Waals surface area contributed by atoms with Crippen molar-refractivity contribution in [3.8, 4) is 0 Å². The second-order valence-electron chi connectivity index (χ2n) is 6.28. The van der Waals surface area contributed by atoms with Crippen LogP contribution in [-0.2, 0) is 16.1 Å². The van der Waals surface area contributed by atoms with E-state index < -0.39 is 12.7 Å². The fourth-order valence-electron chi connectivity index (χ4n) is 2.77. The molecule has 1 saturated carbocycles. The van der Waals surface area contributed by atoms with Gasteiger partial charge in [-0.1, -0.05) is 19.9 Å². The Kier molecular flexibility index (Phi) is 7.40. The molecule has 8 heteroatoms. The number of nitrogens with one attached hydrogen (secondary N) is 2. The third-order valence-corrected chi connectivity index (χ3v) is 4.20. The Bertz CT molecular complexity index is 598. The molecule has 5 nitrogen and oxygen atoms in total. The van der Waals surface area contributed by atoms with E-state index in [4.69, 9.17) is 4.74 Å². The molecule has 0 spiro atoms. The Hall–Kier alpha value is -1.67. The summed E-state index contributed by atoms with van der Waals surface area (Å²) in [4.78, 5) is 16.2. The largest absolute Gasteiger partial charge is 0.401 e. The first-order chi connectivity index (χ1) is 12.4. The number of ether oxygens (including phenoxy) is 1. The van der Waals surface area contributed by atoms with Crippen molar-refractivity contribution < 1.29 is 22.7 Å².